The van der Waals surface area contributed by atoms with Crippen molar-refractivity contribution in [2.75, 3.05) is 6.61 Å². The summed E-state index contributed by atoms with van der Waals surface area (Å²) in [5.74, 6) is -0.604. The largest absolute Gasteiger partial charge is 0.493 e. The molecule has 0 fully saturated rings. The summed E-state index contributed by atoms with van der Waals surface area (Å²) in [5.41, 5.74) is 2.84. The Bertz CT molecular complexity index is 665. The van der Waals surface area contributed by atoms with Gasteiger partial charge in [-0.3, -0.25) is 0 Å². The number of carboxylic acid groups (broad SMARTS) is 1. The lowest BCUT2D eigenvalue weighted by Gasteiger charge is -2.11. The van der Waals surface area contributed by atoms with Gasteiger partial charge in [0.05, 0.1) is 6.61 Å². The highest BCUT2D eigenvalue weighted by atomic mass is 35.5. The molecule has 0 heterocycles. The summed E-state index contributed by atoms with van der Waals surface area (Å²) in [6.07, 6.45) is 0.828. The molecule has 0 atom stereocenters. The topological polar surface area (TPSA) is 46.5 Å². The fourth-order valence-corrected chi connectivity index (χ4v) is 2.17. The van der Waals surface area contributed by atoms with Crippen LogP contribution in [0, 0.1) is 6.92 Å². The minimum absolute atomic E-state index is 0.164. The molecule has 1 N–H and O–H groups in total. The number of hydrogen-bond acceptors (Lipinski definition) is 2. The maximum atomic E-state index is 11.4. The third-order valence-corrected chi connectivity index (χ3v) is 3.58. The molecule has 2 rings (SSSR count). The van der Waals surface area contributed by atoms with Crippen LogP contribution in [0.2, 0.25) is 5.02 Å². The van der Waals surface area contributed by atoms with E-state index in [-0.39, 0.29) is 5.56 Å². The van der Waals surface area contributed by atoms with Crippen molar-refractivity contribution in [1.29, 1.82) is 0 Å². The number of hydrogen-bond donors (Lipinski definition) is 1. The van der Waals surface area contributed by atoms with Crippen molar-refractivity contribution in [2.24, 2.45) is 0 Å². The molecule has 2 aromatic rings. The van der Waals surface area contributed by atoms with E-state index in [2.05, 4.69) is 0 Å². The van der Waals surface area contributed by atoms with Crippen LogP contribution in [0.1, 0.15) is 29.3 Å². The van der Waals surface area contributed by atoms with Gasteiger partial charge in [0.25, 0.3) is 0 Å². The molecule has 0 saturated heterocycles. The van der Waals surface area contributed by atoms with E-state index in [9.17, 15) is 9.90 Å². The fraction of sp³-hybridized carbons (Fsp3) is 0.235. The number of carboxylic acids is 1. The van der Waals surface area contributed by atoms with Gasteiger partial charge in [-0.25, -0.2) is 4.79 Å². The van der Waals surface area contributed by atoms with E-state index in [4.69, 9.17) is 16.3 Å². The predicted molar refractivity (Wildman–Crippen MR) is 84.4 cm³/mol. The Balaban J connectivity index is 2.43. The van der Waals surface area contributed by atoms with Gasteiger partial charge in [-0.05, 0) is 48.2 Å². The lowest BCUT2D eigenvalue weighted by atomic mass is 10.0. The molecule has 0 aliphatic carbocycles. The number of halogens is 1. The molecular formula is C17H17ClO3. The van der Waals surface area contributed by atoms with Crippen LogP contribution in [0.4, 0.5) is 0 Å². The molecule has 21 heavy (non-hydrogen) atoms. The first-order valence-corrected chi connectivity index (χ1v) is 7.17. The van der Waals surface area contributed by atoms with Gasteiger partial charge in [-0.2, -0.15) is 0 Å². The Morgan fingerprint density at radius 1 is 1.19 bits per heavy atom. The molecule has 0 aliphatic rings. The van der Waals surface area contributed by atoms with E-state index in [1.54, 1.807) is 12.1 Å². The quantitative estimate of drug-likeness (QED) is 0.863. The maximum Gasteiger partial charge on any atom is 0.339 e. The van der Waals surface area contributed by atoms with Crippen LogP contribution >= 0.6 is 11.6 Å². The number of ether oxygens (including phenoxy) is 1. The minimum Gasteiger partial charge on any atom is -0.493 e. The molecular weight excluding hydrogens is 288 g/mol. The zero-order chi connectivity index (χ0) is 15.4. The Morgan fingerprint density at radius 3 is 2.48 bits per heavy atom. The summed E-state index contributed by atoms with van der Waals surface area (Å²) in [6, 6.07) is 10.8. The van der Waals surface area contributed by atoms with Crippen LogP contribution in [0.5, 0.6) is 5.75 Å². The summed E-state index contributed by atoms with van der Waals surface area (Å²) in [4.78, 5) is 11.4. The SMILES string of the molecule is CCCOc1ccc(-c2ccc(C)c(Cl)c2)cc1C(=O)O. The van der Waals surface area contributed by atoms with Gasteiger partial charge in [-0.15, -0.1) is 0 Å². The second-order valence-electron chi connectivity index (χ2n) is 4.83. The first-order valence-electron chi connectivity index (χ1n) is 6.79. The van der Waals surface area contributed by atoms with Crippen LogP contribution in [0.3, 0.4) is 0 Å². The Kier molecular flexibility index (Phi) is 4.86. The third kappa shape index (κ3) is 3.56. The van der Waals surface area contributed by atoms with Crippen LogP contribution in [0.15, 0.2) is 36.4 Å². The maximum absolute atomic E-state index is 11.4. The van der Waals surface area contributed by atoms with Crippen molar-refractivity contribution < 1.29 is 14.6 Å². The van der Waals surface area contributed by atoms with Gasteiger partial charge in [-0.1, -0.05) is 36.7 Å². The normalized spacial score (nSPS) is 10.4. The Hall–Kier alpha value is -2.00. The summed E-state index contributed by atoms with van der Waals surface area (Å²) >= 11 is 6.12. The Labute approximate surface area is 129 Å². The van der Waals surface area contributed by atoms with E-state index in [1.165, 1.54) is 0 Å². The molecule has 3 nitrogen and oxygen atoms in total. The van der Waals surface area contributed by atoms with E-state index in [0.29, 0.717) is 17.4 Å². The van der Waals surface area contributed by atoms with E-state index >= 15 is 0 Å². The van der Waals surface area contributed by atoms with Gasteiger partial charge in [0.15, 0.2) is 0 Å². The van der Waals surface area contributed by atoms with Gasteiger partial charge in [0.1, 0.15) is 11.3 Å². The van der Waals surface area contributed by atoms with E-state index < -0.39 is 5.97 Å². The molecule has 0 aliphatic heterocycles. The van der Waals surface area contributed by atoms with Crippen LogP contribution < -0.4 is 4.74 Å². The highest BCUT2D eigenvalue weighted by Crippen LogP contribution is 2.29. The van der Waals surface area contributed by atoms with Gasteiger partial charge in [0, 0.05) is 5.02 Å². The van der Waals surface area contributed by atoms with Crippen molar-refractivity contribution in [3.05, 3.63) is 52.5 Å². The average Bonchev–Trinajstić information content (AvgIpc) is 2.47. The molecule has 0 unspecified atom stereocenters. The Morgan fingerprint density at radius 2 is 1.86 bits per heavy atom. The van der Waals surface area contributed by atoms with E-state index in [0.717, 1.165) is 23.1 Å². The molecule has 4 heteroatoms. The lowest BCUT2D eigenvalue weighted by molar-refractivity contribution is 0.0692. The number of aryl methyl sites for hydroxylation is 1. The number of benzene rings is 2. The highest BCUT2D eigenvalue weighted by molar-refractivity contribution is 6.31. The standard InChI is InChI=1S/C17H17ClO3/c1-3-8-21-16-7-6-12(9-14(16)17(19)20)13-5-4-11(2)15(18)10-13/h4-7,9-10H,3,8H2,1-2H3,(H,19,20). The van der Waals surface area contributed by atoms with Crippen molar-refractivity contribution in [2.45, 2.75) is 20.3 Å². The predicted octanol–water partition coefficient (Wildman–Crippen LogP) is 4.80. The first kappa shape index (κ1) is 15.4. The fourth-order valence-electron chi connectivity index (χ4n) is 1.99. The van der Waals surface area contributed by atoms with Crippen LogP contribution in [-0.2, 0) is 0 Å². The summed E-state index contributed by atoms with van der Waals surface area (Å²) in [7, 11) is 0. The summed E-state index contributed by atoms with van der Waals surface area (Å²) in [6.45, 7) is 4.40. The van der Waals surface area contributed by atoms with Gasteiger partial charge in [0.2, 0.25) is 0 Å². The summed E-state index contributed by atoms with van der Waals surface area (Å²) < 4.78 is 5.47. The second-order valence-corrected chi connectivity index (χ2v) is 5.24. The van der Waals surface area contributed by atoms with E-state index in [1.807, 2.05) is 38.1 Å². The average molecular weight is 305 g/mol. The number of aromatic carboxylic acids is 1. The second kappa shape index (κ2) is 6.64. The molecule has 0 aromatic heterocycles. The molecule has 110 valence electrons. The molecule has 0 bridgehead atoms. The van der Waals surface area contributed by atoms with Crippen molar-refractivity contribution in [3.8, 4) is 16.9 Å². The highest BCUT2D eigenvalue weighted by Gasteiger charge is 2.13. The monoisotopic (exact) mass is 304 g/mol. The summed E-state index contributed by atoms with van der Waals surface area (Å²) in [5, 5.41) is 9.99. The molecule has 2 aromatic carbocycles. The minimum atomic E-state index is -0.999. The van der Waals surface area contributed by atoms with Gasteiger partial charge < -0.3 is 9.84 Å². The van der Waals surface area contributed by atoms with Crippen molar-refractivity contribution >= 4 is 17.6 Å². The molecule has 0 saturated carbocycles. The van der Waals surface area contributed by atoms with Crippen LogP contribution in [0.25, 0.3) is 11.1 Å². The molecule has 0 radical (unpaired) electrons. The zero-order valence-electron chi connectivity index (χ0n) is 12.0. The number of rotatable bonds is 5. The van der Waals surface area contributed by atoms with Crippen molar-refractivity contribution in [1.82, 2.24) is 0 Å². The number of carbonyl (C=O) groups is 1. The smallest absolute Gasteiger partial charge is 0.339 e. The van der Waals surface area contributed by atoms with Gasteiger partial charge >= 0.3 is 5.97 Å². The van der Waals surface area contributed by atoms with Crippen molar-refractivity contribution in [3.63, 3.8) is 0 Å². The zero-order valence-corrected chi connectivity index (χ0v) is 12.8. The van der Waals surface area contributed by atoms with Crippen LogP contribution in [-0.4, -0.2) is 17.7 Å². The molecule has 0 amide bonds. The first-order chi connectivity index (χ1) is 10.0. The molecule has 0 spiro atoms. The lowest BCUT2D eigenvalue weighted by Crippen LogP contribution is -2.04. The third-order valence-electron chi connectivity index (χ3n) is 3.18.